The number of carbonyl (C=O) groups is 1. The number of nitrogens with zero attached hydrogens (tertiary/aromatic N) is 4. The van der Waals surface area contributed by atoms with Crippen molar-refractivity contribution in [2.45, 2.75) is 31.4 Å². The SMILES string of the molecule is O=C(Cc1ccccc1F)N1CC(F)(F)C[C@H]1c1nncn1Cc1ccccc1. The van der Waals surface area contributed by atoms with Crippen LogP contribution < -0.4 is 0 Å². The van der Waals surface area contributed by atoms with Crippen LogP contribution in [-0.4, -0.2) is 38.0 Å². The molecule has 1 aliphatic rings. The minimum absolute atomic E-state index is 0.178. The molecular weight excluding hydrogens is 381 g/mol. The van der Waals surface area contributed by atoms with Gasteiger partial charge in [0.15, 0.2) is 5.82 Å². The molecule has 0 radical (unpaired) electrons. The molecule has 0 unspecified atom stereocenters. The van der Waals surface area contributed by atoms with Gasteiger partial charge in [-0.15, -0.1) is 10.2 Å². The predicted octanol–water partition coefficient (Wildman–Crippen LogP) is 3.62. The van der Waals surface area contributed by atoms with E-state index in [9.17, 15) is 18.0 Å². The normalized spacial score (nSPS) is 18.2. The number of alkyl halides is 2. The van der Waals surface area contributed by atoms with Gasteiger partial charge in [0, 0.05) is 6.42 Å². The van der Waals surface area contributed by atoms with Gasteiger partial charge >= 0.3 is 0 Å². The highest BCUT2D eigenvalue weighted by Gasteiger charge is 2.49. The summed E-state index contributed by atoms with van der Waals surface area (Å²) in [6.45, 7) is -0.316. The van der Waals surface area contributed by atoms with E-state index in [0.717, 1.165) is 10.5 Å². The summed E-state index contributed by atoms with van der Waals surface area (Å²) < 4.78 is 44.1. The van der Waals surface area contributed by atoms with Crippen molar-refractivity contribution in [2.24, 2.45) is 0 Å². The molecule has 0 spiro atoms. The summed E-state index contributed by atoms with van der Waals surface area (Å²) >= 11 is 0. The summed E-state index contributed by atoms with van der Waals surface area (Å²) in [4.78, 5) is 13.9. The molecule has 29 heavy (non-hydrogen) atoms. The Hall–Kier alpha value is -3.16. The average molecular weight is 400 g/mol. The highest BCUT2D eigenvalue weighted by atomic mass is 19.3. The molecule has 1 aromatic heterocycles. The van der Waals surface area contributed by atoms with E-state index in [1.807, 2.05) is 30.3 Å². The van der Waals surface area contributed by atoms with Gasteiger partial charge in [-0.25, -0.2) is 13.2 Å². The summed E-state index contributed by atoms with van der Waals surface area (Å²) in [7, 11) is 0. The smallest absolute Gasteiger partial charge is 0.267 e. The molecule has 4 rings (SSSR count). The van der Waals surface area contributed by atoms with Crippen LogP contribution in [0.2, 0.25) is 0 Å². The van der Waals surface area contributed by atoms with Gasteiger partial charge in [-0.1, -0.05) is 48.5 Å². The molecule has 8 heteroatoms. The van der Waals surface area contributed by atoms with Gasteiger partial charge in [-0.05, 0) is 17.2 Å². The second kappa shape index (κ2) is 7.69. The molecule has 0 bridgehead atoms. The van der Waals surface area contributed by atoms with Gasteiger partial charge < -0.3 is 9.47 Å². The lowest BCUT2D eigenvalue weighted by Gasteiger charge is -2.24. The van der Waals surface area contributed by atoms with Crippen molar-refractivity contribution in [1.29, 1.82) is 0 Å². The molecule has 1 fully saturated rings. The molecular formula is C21H19F3N4O. The monoisotopic (exact) mass is 400 g/mol. The number of likely N-dealkylation sites (tertiary alicyclic amines) is 1. The largest absolute Gasteiger partial charge is 0.326 e. The maximum absolute atomic E-state index is 14.2. The molecule has 0 N–H and O–H groups in total. The van der Waals surface area contributed by atoms with Crippen molar-refractivity contribution < 1.29 is 18.0 Å². The number of rotatable bonds is 5. The number of carbonyl (C=O) groups excluding carboxylic acids is 1. The van der Waals surface area contributed by atoms with E-state index in [-0.39, 0.29) is 12.0 Å². The predicted molar refractivity (Wildman–Crippen MR) is 99.7 cm³/mol. The second-order valence-electron chi connectivity index (χ2n) is 7.17. The summed E-state index contributed by atoms with van der Waals surface area (Å²) in [6, 6.07) is 14.4. The number of amides is 1. The molecule has 0 aliphatic carbocycles. The average Bonchev–Trinajstić information content (AvgIpc) is 3.27. The molecule has 1 saturated heterocycles. The maximum Gasteiger partial charge on any atom is 0.267 e. The highest BCUT2D eigenvalue weighted by molar-refractivity contribution is 5.79. The number of hydrogen-bond donors (Lipinski definition) is 0. The summed E-state index contributed by atoms with van der Waals surface area (Å²) in [5, 5.41) is 7.90. The lowest BCUT2D eigenvalue weighted by atomic mass is 10.1. The lowest BCUT2D eigenvalue weighted by molar-refractivity contribution is -0.132. The summed E-state index contributed by atoms with van der Waals surface area (Å²) in [5.74, 6) is -3.84. The Kier molecular flexibility index (Phi) is 5.08. The van der Waals surface area contributed by atoms with Crippen LogP contribution in [0.5, 0.6) is 0 Å². The van der Waals surface area contributed by atoms with Gasteiger partial charge in [0.25, 0.3) is 5.92 Å². The maximum atomic E-state index is 14.2. The summed E-state index contributed by atoms with van der Waals surface area (Å²) in [6.07, 6.45) is 0.647. The molecule has 2 aromatic carbocycles. The molecule has 150 valence electrons. The van der Waals surface area contributed by atoms with E-state index in [1.54, 1.807) is 10.6 Å². The van der Waals surface area contributed by atoms with Crippen molar-refractivity contribution in [3.8, 4) is 0 Å². The van der Waals surface area contributed by atoms with Gasteiger partial charge in [0.05, 0.1) is 25.6 Å². The van der Waals surface area contributed by atoms with Crippen molar-refractivity contribution in [1.82, 2.24) is 19.7 Å². The van der Waals surface area contributed by atoms with Gasteiger partial charge in [-0.3, -0.25) is 4.79 Å². The van der Waals surface area contributed by atoms with Crippen LogP contribution in [0.15, 0.2) is 60.9 Å². The first-order valence-corrected chi connectivity index (χ1v) is 9.25. The standard InChI is InChI=1S/C21H19F3N4O/c22-17-9-5-4-8-16(17)10-19(29)28-13-21(23,24)11-18(28)20-26-25-14-27(20)12-15-6-2-1-3-7-15/h1-9,14,18H,10-13H2/t18-/m0/s1. The number of hydrogen-bond acceptors (Lipinski definition) is 3. The lowest BCUT2D eigenvalue weighted by Crippen LogP contribution is -2.35. The van der Waals surface area contributed by atoms with Crippen LogP contribution in [-0.2, 0) is 17.8 Å². The van der Waals surface area contributed by atoms with Gasteiger partial charge in [-0.2, -0.15) is 0 Å². The Morgan fingerprint density at radius 2 is 1.83 bits per heavy atom. The Bertz CT molecular complexity index is 1010. The van der Waals surface area contributed by atoms with E-state index in [2.05, 4.69) is 10.2 Å². The van der Waals surface area contributed by atoms with Crippen molar-refractivity contribution in [3.05, 3.63) is 83.7 Å². The van der Waals surface area contributed by atoms with Crippen molar-refractivity contribution in [2.75, 3.05) is 6.54 Å². The fraction of sp³-hybridized carbons (Fsp3) is 0.286. The molecule has 1 atom stereocenters. The van der Waals surface area contributed by atoms with Crippen molar-refractivity contribution >= 4 is 5.91 Å². The molecule has 1 amide bonds. The first-order chi connectivity index (χ1) is 13.9. The first kappa shape index (κ1) is 19.2. The second-order valence-corrected chi connectivity index (χ2v) is 7.17. The summed E-state index contributed by atoms with van der Waals surface area (Å²) in [5.41, 5.74) is 1.14. The third kappa shape index (κ3) is 4.16. The Balaban J connectivity index is 1.60. The topological polar surface area (TPSA) is 51.0 Å². The molecule has 5 nitrogen and oxygen atoms in total. The van der Waals surface area contributed by atoms with Gasteiger partial charge in [0.1, 0.15) is 12.1 Å². The van der Waals surface area contributed by atoms with E-state index >= 15 is 0 Å². The van der Waals surface area contributed by atoms with E-state index < -0.39 is 36.7 Å². The van der Waals surface area contributed by atoms with Gasteiger partial charge in [0.2, 0.25) is 5.91 Å². The Morgan fingerprint density at radius 1 is 1.10 bits per heavy atom. The van der Waals surface area contributed by atoms with Crippen LogP contribution >= 0.6 is 0 Å². The Labute approximate surface area is 165 Å². The number of benzene rings is 2. The van der Waals surface area contributed by atoms with E-state index in [4.69, 9.17) is 0 Å². The minimum Gasteiger partial charge on any atom is -0.326 e. The van der Waals surface area contributed by atoms with Crippen LogP contribution in [0.4, 0.5) is 13.2 Å². The number of halogens is 3. The zero-order valence-electron chi connectivity index (χ0n) is 15.5. The van der Waals surface area contributed by atoms with E-state index in [0.29, 0.717) is 12.4 Å². The third-order valence-corrected chi connectivity index (χ3v) is 5.03. The van der Waals surface area contributed by atoms with Crippen LogP contribution in [0.3, 0.4) is 0 Å². The number of aromatic nitrogens is 3. The molecule has 0 saturated carbocycles. The van der Waals surface area contributed by atoms with Crippen LogP contribution in [0.1, 0.15) is 29.4 Å². The third-order valence-electron chi connectivity index (χ3n) is 5.03. The molecule has 1 aliphatic heterocycles. The fourth-order valence-corrected chi connectivity index (χ4v) is 3.64. The minimum atomic E-state index is -3.04. The molecule has 3 aromatic rings. The molecule has 2 heterocycles. The van der Waals surface area contributed by atoms with Crippen LogP contribution in [0.25, 0.3) is 0 Å². The quantitative estimate of drug-likeness (QED) is 0.657. The van der Waals surface area contributed by atoms with E-state index in [1.165, 1.54) is 24.5 Å². The van der Waals surface area contributed by atoms with Crippen LogP contribution in [0, 0.1) is 5.82 Å². The highest BCUT2D eigenvalue weighted by Crippen LogP contribution is 2.40. The van der Waals surface area contributed by atoms with Crippen molar-refractivity contribution in [3.63, 3.8) is 0 Å². The first-order valence-electron chi connectivity index (χ1n) is 9.25. The zero-order valence-corrected chi connectivity index (χ0v) is 15.5. The zero-order chi connectivity index (χ0) is 20.4. The Morgan fingerprint density at radius 3 is 2.59 bits per heavy atom. The fourth-order valence-electron chi connectivity index (χ4n) is 3.64.